The van der Waals surface area contributed by atoms with Crippen LogP contribution in [0.5, 0.6) is 11.5 Å². The van der Waals surface area contributed by atoms with E-state index in [1.165, 1.54) is 32.3 Å². The Labute approximate surface area is 206 Å². The van der Waals surface area contributed by atoms with Gasteiger partial charge in [0.25, 0.3) is 0 Å². The number of rotatable bonds is 9. The molecule has 2 nitrogen and oxygen atoms in total. The van der Waals surface area contributed by atoms with Crippen LogP contribution in [0.25, 0.3) is 0 Å². The summed E-state index contributed by atoms with van der Waals surface area (Å²) in [4.78, 5) is 0. The topological polar surface area (TPSA) is 18.5 Å². The Morgan fingerprint density at radius 2 is 0.794 bits per heavy atom. The molecule has 0 saturated carbocycles. The highest BCUT2D eigenvalue weighted by Crippen LogP contribution is 2.45. The zero-order valence-electron chi connectivity index (χ0n) is 20.4. The Balaban J connectivity index is 1.78. The summed E-state index contributed by atoms with van der Waals surface area (Å²) >= 11 is 0. The predicted molar refractivity (Wildman–Crippen MR) is 150 cm³/mol. The molecule has 2 unspecified atom stereocenters. The van der Waals surface area contributed by atoms with E-state index in [1.54, 1.807) is 14.2 Å². The Hall–Kier alpha value is -2.66. The van der Waals surface area contributed by atoms with Crippen LogP contribution in [-0.2, 0) is 0 Å². The average Bonchev–Trinajstić information content (AvgIpc) is 2.88. The van der Waals surface area contributed by atoms with E-state index < -0.39 is 15.8 Å². The molecule has 0 spiro atoms. The van der Waals surface area contributed by atoms with Gasteiger partial charge in [-0.05, 0) is 75.9 Å². The van der Waals surface area contributed by atoms with Crippen molar-refractivity contribution in [2.75, 3.05) is 26.5 Å². The Morgan fingerprint density at radius 3 is 1.15 bits per heavy atom. The summed E-state index contributed by atoms with van der Waals surface area (Å²) in [7, 11) is 2.38. The van der Waals surface area contributed by atoms with Crippen molar-refractivity contribution in [2.45, 2.75) is 13.8 Å². The fraction of sp³-hybridized carbons (Fsp3) is 0.200. The van der Waals surface area contributed by atoms with Crippen LogP contribution in [-0.4, -0.2) is 26.5 Å². The van der Waals surface area contributed by atoms with E-state index in [2.05, 4.69) is 111 Å². The highest BCUT2D eigenvalue weighted by molar-refractivity contribution is 7.77. The van der Waals surface area contributed by atoms with Crippen molar-refractivity contribution in [1.29, 1.82) is 0 Å². The average molecular weight is 487 g/mol. The number of hydrogen-bond donors (Lipinski definition) is 0. The maximum atomic E-state index is 5.82. The van der Waals surface area contributed by atoms with Crippen molar-refractivity contribution >= 4 is 37.1 Å². The van der Waals surface area contributed by atoms with Crippen LogP contribution in [0.15, 0.2) is 97.1 Å². The summed E-state index contributed by atoms with van der Waals surface area (Å²) in [6.45, 7) is 4.45. The summed E-state index contributed by atoms with van der Waals surface area (Å²) in [6.07, 6.45) is 2.16. The first kappa shape index (κ1) is 24.5. The number of para-hydroxylation sites is 2. The maximum absolute atomic E-state index is 5.82. The maximum Gasteiger partial charge on any atom is 0.126 e. The van der Waals surface area contributed by atoms with Crippen molar-refractivity contribution in [3.05, 3.63) is 108 Å². The smallest absolute Gasteiger partial charge is 0.126 e. The van der Waals surface area contributed by atoms with Gasteiger partial charge < -0.3 is 9.47 Å². The molecule has 0 fully saturated rings. The molecule has 0 bridgehead atoms. The third-order valence-corrected chi connectivity index (χ3v) is 11.9. The van der Waals surface area contributed by atoms with Gasteiger partial charge in [-0.2, -0.15) is 0 Å². The number of methoxy groups -OCH3 is 2. The van der Waals surface area contributed by atoms with Gasteiger partial charge in [0, 0.05) is 10.6 Å². The Kier molecular flexibility index (Phi) is 8.39. The zero-order valence-corrected chi connectivity index (χ0v) is 22.2. The van der Waals surface area contributed by atoms with Crippen LogP contribution < -0.4 is 30.7 Å². The quantitative estimate of drug-likeness (QED) is 0.275. The van der Waals surface area contributed by atoms with E-state index in [9.17, 15) is 0 Å². The molecule has 0 amide bonds. The number of hydrogen-bond acceptors (Lipinski definition) is 2. The lowest BCUT2D eigenvalue weighted by Crippen LogP contribution is -2.23. The molecular weight excluding hydrogens is 454 g/mol. The second kappa shape index (κ2) is 11.7. The zero-order chi connectivity index (χ0) is 23.9. The fourth-order valence-electron chi connectivity index (χ4n) is 4.38. The molecular formula is C30H32O2P2. The summed E-state index contributed by atoms with van der Waals surface area (Å²) in [6, 6.07) is 34.7. The molecule has 174 valence electrons. The van der Waals surface area contributed by atoms with Crippen LogP contribution in [0.3, 0.4) is 0 Å². The van der Waals surface area contributed by atoms with Gasteiger partial charge in [0.05, 0.1) is 14.2 Å². The highest BCUT2D eigenvalue weighted by atomic mass is 31.1. The minimum Gasteiger partial charge on any atom is -0.496 e. The van der Waals surface area contributed by atoms with Gasteiger partial charge in [-0.15, -0.1) is 0 Å². The first-order valence-corrected chi connectivity index (χ1v) is 14.6. The van der Waals surface area contributed by atoms with Gasteiger partial charge in [-0.25, -0.2) is 0 Å². The molecule has 4 rings (SSSR count). The van der Waals surface area contributed by atoms with Crippen LogP contribution in [0.4, 0.5) is 0 Å². The van der Waals surface area contributed by atoms with Crippen LogP contribution in [0.2, 0.25) is 0 Å². The molecule has 4 aromatic rings. The second-order valence-corrected chi connectivity index (χ2v) is 12.8. The molecule has 4 heteroatoms. The lowest BCUT2D eigenvalue weighted by atomic mass is 10.2. The van der Waals surface area contributed by atoms with Gasteiger partial charge in [0.1, 0.15) is 11.5 Å². The van der Waals surface area contributed by atoms with Crippen molar-refractivity contribution in [3.63, 3.8) is 0 Å². The molecule has 2 atom stereocenters. The van der Waals surface area contributed by atoms with Gasteiger partial charge in [0.15, 0.2) is 0 Å². The normalized spacial score (nSPS) is 12.7. The number of ether oxygens (including phenoxy) is 2. The van der Waals surface area contributed by atoms with Crippen LogP contribution in [0.1, 0.15) is 11.1 Å². The van der Waals surface area contributed by atoms with E-state index in [0.29, 0.717) is 0 Å². The van der Waals surface area contributed by atoms with Gasteiger partial charge in [-0.3, -0.25) is 0 Å². The third-order valence-electron chi connectivity index (χ3n) is 6.11. The number of benzene rings is 4. The molecule has 4 aromatic carbocycles. The minimum absolute atomic E-state index is 0.585. The van der Waals surface area contributed by atoms with Crippen molar-refractivity contribution in [3.8, 4) is 11.5 Å². The third kappa shape index (κ3) is 5.35. The monoisotopic (exact) mass is 486 g/mol. The lowest BCUT2D eigenvalue weighted by molar-refractivity contribution is 0.418. The van der Waals surface area contributed by atoms with Gasteiger partial charge in [-0.1, -0.05) is 84.9 Å². The molecule has 0 aliphatic heterocycles. The molecule has 34 heavy (non-hydrogen) atoms. The van der Waals surface area contributed by atoms with Gasteiger partial charge >= 0.3 is 0 Å². The molecule has 0 aliphatic rings. The minimum atomic E-state index is -0.585. The Morgan fingerprint density at radius 1 is 0.471 bits per heavy atom. The van der Waals surface area contributed by atoms with Gasteiger partial charge in [0.2, 0.25) is 0 Å². The highest BCUT2D eigenvalue weighted by Gasteiger charge is 2.24. The van der Waals surface area contributed by atoms with E-state index in [1.807, 2.05) is 0 Å². The largest absolute Gasteiger partial charge is 0.496 e. The van der Waals surface area contributed by atoms with Crippen LogP contribution >= 0.6 is 15.8 Å². The van der Waals surface area contributed by atoms with E-state index in [4.69, 9.17) is 9.47 Å². The van der Waals surface area contributed by atoms with E-state index in [-0.39, 0.29) is 0 Å². The Bertz CT molecular complexity index is 1140. The molecule has 0 radical (unpaired) electrons. The van der Waals surface area contributed by atoms with Crippen molar-refractivity contribution < 1.29 is 9.47 Å². The molecule has 0 N–H and O–H groups in total. The first-order chi connectivity index (χ1) is 16.6. The fourth-order valence-corrected chi connectivity index (χ4v) is 10.4. The number of aryl methyl sites for hydroxylation is 2. The van der Waals surface area contributed by atoms with E-state index >= 15 is 0 Å². The summed E-state index contributed by atoms with van der Waals surface area (Å²) in [5.41, 5.74) is 2.69. The van der Waals surface area contributed by atoms with E-state index in [0.717, 1.165) is 23.8 Å². The molecule has 0 aromatic heterocycles. The summed E-state index contributed by atoms with van der Waals surface area (Å²) < 4.78 is 11.6. The van der Waals surface area contributed by atoms with Crippen molar-refractivity contribution in [1.82, 2.24) is 0 Å². The second-order valence-electron chi connectivity index (χ2n) is 8.22. The standard InChI is InChI=1S/C30H32O2P2/c1-23-13-5-9-17-27(23)33(29-19-11-7-15-25(29)31-3)21-22-34(28-18-10-6-14-24(28)2)30-20-12-8-16-26(30)32-4/h5-20H,21-22H2,1-4H3. The summed E-state index contributed by atoms with van der Waals surface area (Å²) in [5.74, 6) is 1.96. The molecule has 0 heterocycles. The lowest BCUT2D eigenvalue weighted by Gasteiger charge is -2.27. The van der Waals surface area contributed by atoms with Crippen LogP contribution in [0, 0.1) is 13.8 Å². The predicted octanol–water partition coefficient (Wildman–Crippen LogP) is 5.89. The first-order valence-electron chi connectivity index (χ1n) is 11.6. The summed E-state index contributed by atoms with van der Waals surface area (Å²) in [5, 5.41) is 5.49. The molecule has 0 saturated heterocycles. The molecule has 0 aliphatic carbocycles. The SMILES string of the molecule is COc1ccccc1P(CCP(c1ccccc1C)c1ccccc1OC)c1ccccc1C. The van der Waals surface area contributed by atoms with Crippen molar-refractivity contribution in [2.24, 2.45) is 0 Å².